The second-order valence-electron chi connectivity index (χ2n) is 10.7. The largest absolute Gasteiger partial charge is 0.478 e. The molecule has 2 aliphatic rings. The van der Waals surface area contributed by atoms with Crippen LogP contribution in [-0.2, 0) is 17.8 Å². The van der Waals surface area contributed by atoms with E-state index in [1.165, 1.54) is 11.1 Å². The number of benzene rings is 3. The zero-order valence-electron chi connectivity index (χ0n) is 22.2. The van der Waals surface area contributed by atoms with Crippen molar-refractivity contribution < 1.29 is 14.3 Å². The Morgan fingerprint density at radius 1 is 1.05 bits per heavy atom. The van der Waals surface area contributed by atoms with Crippen molar-refractivity contribution in [2.24, 2.45) is 0 Å². The second kappa shape index (κ2) is 10.2. The predicted octanol–water partition coefficient (Wildman–Crippen LogP) is 7.22. The zero-order chi connectivity index (χ0) is 27.1. The van der Waals surface area contributed by atoms with Crippen molar-refractivity contribution in [3.63, 3.8) is 0 Å². The van der Waals surface area contributed by atoms with Crippen molar-refractivity contribution in [3.8, 4) is 11.1 Å². The van der Waals surface area contributed by atoms with E-state index in [2.05, 4.69) is 66.4 Å². The Hall–Kier alpha value is -4.19. The highest BCUT2D eigenvalue weighted by Gasteiger charge is 2.35. The van der Waals surface area contributed by atoms with E-state index in [9.17, 15) is 4.79 Å². The third kappa shape index (κ3) is 4.99. The van der Waals surface area contributed by atoms with E-state index in [4.69, 9.17) is 5.11 Å². The lowest BCUT2D eigenvalue weighted by atomic mass is 9.83. The highest BCUT2D eigenvalue weighted by atomic mass is 19.1. The number of aromatic nitrogens is 2. The fourth-order valence-electron chi connectivity index (χ4n) is 5.84. The van der Waals surface area contributed by atoms with Crippen LogP contribution in [0.4, 0.5) is 10.1 Å². The van der Waals surface area contributed by atoms with Crippen LogP contribution in [0.5, 0.6) is 0 Å². The maximum absolute atomic E-state index is 15.2. The quantitative estimate of drug-likeness (QED) is 0.261. The molecular formula is C33H32FN3O2. The van der Waals surface area contributed by atoms with Gasteiger partial charge in [0.15, 0.2) is 0 Å². The van der Waals surface area contributed by atoms with Crippen LogP contribution in [0.15, 0.2) is 79.1 Å². The standard InChI is InChI=1S/C33H32FN3O2/c1-3-36-20-27(19-35-36)25-11-13-30-26(17-25)16-21(2)37(28-12-14-29(23-9-10-23)31(34)18-28)33(30)24-7-4-22(5-8-24)6-15-32(38)39/h4-8,11-15,17-21,23,33H,3,9-10,16H2,1-2H3,(H,38,39)/b15-6+. The Kier molecular flexibility index (Phi) is 6.55. The summed E-state index contributed by atoms with van der Waals surface area (Å²) in [6.45, 7) is 5.11. The highest BCUT2D eigenvalue weighted by molar-refractivity contribution is 5.85. The lowest BCUT2D eigenvalue weighted by Gasteiger charge is -2.44. The first-order valence-electron chi connectivity index (χ1n) is 13.7. The molecule has 0 radical (unpaired) electrons. The summed E-state index contributed by atoms with van der Waals surface area (Å²) >= 11 is 0. The Morgan fingerprint density at radius 3 is 2.49 bits per heavy atom. The molecule has 6 heteroatoms. The van der Waals surface area contributed by atoms with E-state index in [1.807, 2.05) is 29.1 Å². The molecule has 6 rings (SSSR count). The number of halogens is 1. The molecule has 0 saturated heterocycles. The molecule has 0 spiro atoms. The molecule has 3 aromatic carbocycles. The summed E-state index contributed by atoms with van der Waals surface area (Å²) in [6.07, 6.45) is 9.69. The van der Waals surface area contributed by atoms with Crippen molar-refractivity contribution in [3.05, 3.63) is 113 Å². The number of hydrogen-bond acceptors (Lipinski definition) is 3. The molecule has 1 aromatic heterocycles. The summed E-state index contributed by atoms with van der Waals surface area (Å²) in [5.74, 6) is -0.738. The van der Waals surface area contributed by atoms with E-state index in [0.29, 0.717) is 5.92 Å². The number of fused-ring (bicyclic) bond motifs is 1. The number of rotatable bonds is 7. The number of carbonyl (C=O) groups is 1. The molecule has 2 atom stereocenters. The maximum Gasteiger partial charge on any atom is 0.328 e. The van der Waals surface area contributed by atoms with Crippen LogP contribution >= 0.6 is 0 Å². The minimum Gasteiger partial charge on any atom is -0.478 e. The Labute approximate surface area is 228 Å². The van der Waals surface area contributed by atoms with E-state index in [1.54, 1.807) is 12.1 Å². The Balaban J connectivity index is 1.43. The number of carboxylic acids is 1. The molecule has 4 aromatic rings. The molecule has 5 nitrogen and oxygen atoms in total. The van der Waals surface area contributed by atoms with Gasteiger partial charge in [0.2, 0.25) is 0 Å². The molecule has 0 amide bonds. The fraction of sp³-hybridized carbons (Fsp3) is 0.273. The summed E-state index contributed by atoms with van der Waals surface area (Å²) in [5, 5.41) is 13.5. The van der Waals surface area contributed by atoms with Gasteiger partial charge in [-0.25, -0.2) is 9.18 Å². The van der Waals surface area contributed by atoms with Gasteiger partial charge in [0.25, 0.3) is 0 Å². The van der Waals surface area contributed by atoms with Gasteiger partial charge >= 0.3 is 5.97 Å². The maximum atomic E-state index is 15.2. The van der Waals surface area contributed by atoms with Crippen LogP contribution in [-0.4, -0.2) is 26.9 Å². The molecule has 1 fully saturated rings. The van der Waals surface area contributed by atoms with E-state index >= 15 is 4.39 Å². The summed E-state index contributed by atoms with van der Waals surface area (Å²) in [5.41, 5.74) is 8.31. The number of anilines is 1. The number of nitrogens with zero attached hydrogens (tertiary/aromatic N) is 3. The molecule has 198 valence electrons. The lowest BCUT2D eigenvalue weighted by Crippen LogP contribution is -2.43. The van der Waals surface area contributed by atoms with Gasteiger partial charge in [-0.15, -0.1) is 0 Å². The number of hydrogen-bond donors (Lipinski definition) is 1. The van der Waals surface area contributed by atoms with E-state index in [-0.39, 0.29) is 17.9 Å². The van der Waals surface area contributed by atoms with Crippen molar-refractivity contribution in [1.29, 1.82) is 0 Å². The number of carboxylic acid groups (broad SMARTS) is 1. The third-order valence-corrected chi connectivity index (χ3v) is 7.97. The predicted molar refractivity (Wildman–Crippen MR) is 152 cm³/mol. The molecule has 1 aliphatic carbocycles. The lowest BCUT2D eigenvalue weighted by molar-refractivity contribution is -0.131. The van der Waals surface area contributed by atoms with Crippen molar-refractivity contribution in [2.45, 2.75) is 57.7 Å². The van der Waals surface area contributed by atoms with Gasteiger partial charge in [-0.2, -0.15) is 5.10 Å². The van der Waals surface area contributed by atoms with Gasteiger partial charge in [0.05, 0.1) is 12.2 Å². The highest BCUT2D eigenvalue weighted by Crippen LogP contribution is 2.45. The van der Waals surface area contributed by atoms with E-state index < -0.39 is 5.97 Å². The molecule has 39 heavy (non-hydrogen) atoms. The number of aryl methyl sites for hydroxylation is 1. The SMILES string of the molecule is CCn1cc(-c2ccc3c(c2)CC(C)N(c2ccc(C4CC4)c(F)c2)C3c2ccc(/C=C/C(=O)O)cc2)cn1. The summed E-state index contributed by atoms with van der Waals surface area (Å²) < 4.78 is 17.2. The third-order valence-electron chi connectivity index (χ3n) is 7.97. The van der Waals surface area contributed by atoms with Gasteiger partial charge in [0, 0.05) is 36.1 Å². The van der Waals surface area contributed by atoms with Crippen LogP contribution < -0.4 is 4.90 Å². The van der Waals surface area contributed by atoms with Crippen LogP contribution in [0, 0.1) is 5.82 Å². The van der Waals surface area contributed by atoms with E-state index in [0.717, 1.165) is 65.4 Å². The van der Waals surface area contributed by atoms with Gasteiger partial charge in [0.1, 0.15) is 5.82 Å². The molecule has 2 unspecified atom stereocenters. The van der Waals surface area contributed by atoms with Crippen LogP contribution in [0.2, 0.25) is 0 Å². The molecule has 1 N–H and O–H groups in total. The first-order chi connectivity index (χ1) is 18.9. The average Bonchev–Trinajstić information content (AvgIpc) is 3.66. The smallest absolute Gasteiger partial charge is 0.328 e. The first-order valence-corrected chi connectivity index (χ1v) is 13.7. The van der Waals surface area contributed by atoms with Crippen molar-refractivity contribution >= 4 is 17.7 Å². The average molecular weight is 522 g/mol. The molecule has 1 saturated carbocycles. The second-order valence-corrected chi connectivity index (χ2v) is 10.7. The van der Waals surface area contributed by atoms with Crippen LogP contribution in [0.3, 0.4) is 0 Å². The van der Waals surface area contributed by atoms with Crippen LogP contribution in [0.25, 0.3) is 17.2 Å². The Bertz CT molecular complexity index is 1550. The Morgan fingerprint density at radius 2 is 1.82 bits per heavy atom. The molecular weight excluding hydrogens is 489 g/mol. The fourth-order valence-corrected chi connectivity index (χ4v) is 5.84. The van der Waals surface area contributed by atoms with Crippen molar-refractivity contribution in [1.82, 2.24) is 9.78 Å². The topological polar surface area (TPSA) is 58.4 Å². The molecule has 2 heterocycles. The van der Waals surface area contributed by atoms with Gasteiger partial charge in [-0.3, -0.25) is 4.68 Å². The minimum absolute atomic E-state index is 0.111. The summed E-state index contributed by atoms with van der Waals surface area (Å²) in [7, 11) is 0. The summed E-state index contributed by atoms with van der Waals surface area (Å²) in [6, 6.07) is 20.4. The van der Waals surface area contributed by atoms with Gasteiger partial charge < -0.3 is 10.0 Å². The summed E-state index contributed by atoms with van der Waals surface area (Å²) in [4.78, 5) is 13.3. The molecule has 0 bridgehead atoms. The zero-order valence-corrected chi connectivity index (χ0v) is 22.2. The molecule has 1 aliphatic heterocycles. The number of aliphatic carboxylic acids is 1. The monoisotopic (exact) mass is 521 g/mol. The minimum atomic E-state index is -0.975. The first kappa shape index (κ1) is 25.1. The normalized spacial score (nSPS) is 18.9. The van der Waals surface area contributed by atoms with Crippen molar-refractivity contribution in [2.75, 3.05) is 4.90 Å². The van der Waals surface area contributed by atoms with Gasteiger partial charge in [-0.1, -0.05) is 48.5 Å². The van der Waals surface area contributed by atoms with Gasteiger partial charge in [-0.05, 0) is 90.6 Å². The van der Waals surface area contributed by atoms with Crippen LogP contribution in [0.1, 0.15) is 66.5 Å².